The Morgan fingerprint density at radius 3 is 2.62 bits per heavy atom. The standard InChI is InChI=1S/C7H5Cl2FN2O3.K.H/c8-3-5(11)4(9)7(12-6(3)10)15-1-2(13)14;;/h1H2,(H2,11,12)(H,13,14);;/q;+1;-1. The van der Waals surface area contributed by atoms with Crippen LogP contribution in [0.2, 0.25) is 10.0 Å². The maximum atomic E-state index is 12.9. The topological polar surface area (TPSA) is 85.4 Å². The number of carboxylic acids is 1. The zero-order chi connectivity index (χ0) is 11.6. The van der Waals surface area contributed by atoms with Crippen LogP contribution in [0.15, 0.2) is 0 Å². The molecule has 0 spiro atoms. The predicted octanol–water partition coefficient (Wildman–Crippen LogP) is -1.31. The first-order valence-corrected chi connectivity index (χ1v) is 4.33. The van der Waals surface area contributed by atoms with Gasteiger partial charge in [0.15, 0.2) is 6.61 Å². The van der Waals surface area contributed by atoms with E-state index in [0.717, 1.165) is 0 Å². The molecular weight excluding hydrogens is 289 g/mol. The van der Waals surface area contributed by atoms with Crippen LogP contribution in [0.1, 0.15) is 1.43 Å². The molecule has 0 atom stereocenters. The molecule has 0 saturated heterocycles. The Kier molecular flexibility index (Phi) is 7.11. The predicted molar refractivity (Wildman–Crippen MR) is 52.9 cm³/mol. The average molecular weight is 295 g/mol. The Bertz CT molecular complexity index is 425. The zero-order valence-corrected chi connectivity index (χ0v) is 12.8. The number of carbonyl (C=O) groups is 1. The molecule has 1 aromatic heterocycles. The number of nitrogens with zero attached hydrogens (tertiary/aromatic N) is 1. The Balaban J connectivity index is 0. The van der Waals surface area contributed by atoms with Crippen LogP contribution in [0, 0.1) is 5.95 Å². The van der Waals surface area contributed by atoms with Crippen LogP contribution in [0.5, 0.6) is 5.88 Å². The van der Waals surface area contributed by atoms with Gasteiger partial charge in [-0.3, -0.25) is 0 Å². The summed E-state index contributed by atoms with van der Waals surface area (Å²) in [7, 11) is 0. The van der Waals surface area contributed by atoms with Crippen molar-refractivity contribution in [2.24, 2.45) is 0 Å². The van der Waals surface area contributed by atoms with Crippen LogP contribution >= 0.6 is 23.2 Å². The van der Waals surface area contributed by atoms with Crippen LogP contribution in [0.4, 0.5) is 10.1 Å². The van der Waals surface area contributed by atoms with Crippen LogP contribution in [0.25, 0.3) is 0 Å². The van der Waals surface area contributed by atoms with Crippen LogP contribution in [-0.2, 0) is 4.79 Å². The van der Waals surface area contributed by atoms with Crippen molar-refractivity contribution in [1.82, 2.24) is 4.98 Å². The second-order valence-electron chi connectivity index (χ2n) is 2.43. The van der Waals surface area contributed by atoms with E-state index in [1.165, 1.54) is 0 Å². The van der Waals surface area contributed by atoms with Gasteiger partial charge >= 0.3 is 57.4 Å². The molecule has 5 nitrogen and oxygen atoms in total. The summed E-state index contributed by atoms with van der Waals surface area (Å²) in [4.78, 5) is 13.4. The number of aromatic nitrogens is 1. The van der Waals surface area contributed by atoms with E-state index in [1.54, 1.807) is 0 Å². The van der Waals surface area contributed by atoms with E-state index < -0.39 is 29.4 Å². The summed E-state index contributed by atoms with van der Waals surface area (Å²) in [5.41, 5.74) is 5.07. The fourth-order valence-corrected chi connectivity index (χ4v) is 1.11. The maximum Gasteiger partial charge on any atom is 1.00 e. The molecule has 84 valence electrons. The first-order valence-electron chi connectivity index (χ1n) is 3.58. The normalized spacial score (nSPS) is 9.44. The van der Waals surface area contributed by atoms with Gasteiger partial charge in [0.1, 0.15) is 10.0 Å². The number of nitrogens with two attached hydrogens (primary N) is 1. The summed E-state index contributed by atoms with van der Waals surface area (Å²) < 4.78 is 17.5. The third-order valence-corrected chi connectivity index (χ3v) is 2.10. The zero-order valence-electron chi connectivity index (χ0n) is 9.13. The number of carboxylic acid groups (broad SMARTS) is 1. The van der Waals surface area contributed by atoms with Crippen LogP contribution in [0.3, 0.4) is 0 Å². The molecule has 0 saturated carbocycles. The van der Waals surface area contributed by atoms with Crippen molar-refractivity contribution in [2.75, 3.05) is 12.3 Å². The number of halogens is 3. The maximum absolute atomic E-state index is 12.9. The number of hydrogen-bond acceptors (Lipinski definition) is 4. The molecule has 0 aromatic carbocycles. The van der Waals surface area contributed by atoms with Crippen molar-refractivity contribution in [3.8, 4) is 5.88 Å². The Hall–Kier alpha value is 0.366. The summed E-state index contributed by atoms with van der Waals surface area (Å²) in [5.74, 6) is -2.72. The molecule has 0 fully saturated rings. The summed E-state index contributed by atoms with van der Waals surface area (Å²) >= 11 is 11.0. The number of ether oxygens (including phenoxy) is 1. The van der Waals surface area contributed by atoms with Crippen molar-refractivity contribution in [1.29, 1.82) is 0 Å². The Morgan fingerprint density at radius 2 is 2.12 bits per heavy atom. The molecule has 0 aliphatic carbocycles. The van der Waals surface area contributed by atoms with Gasteiger partial charge in [0.05, 0.1) is 5.69 Å². The van der Waals surface area contributed by atoms with Gasteiger partial charge in [0.25, 0.3) is 0 Å². The van der Waals surface area contributed by atoms with Crippen molar-refractivity contribution < 1.29 is 71.8 Å². The minimum Gasteiger partial charge on any atom is -1.00 e. The first kappa shape index (κ1) is 16.4. The average Bonchev–Trinajstić information content (AvgIpc) is 2.18. The molecule has 9 heteroatoms. The number of hydrogen-bond donors (Lipinski definition) is 2. The second kappa shape index (κ2) is 6.95. The number of aliphatic carboxylic acids is 1. The van der Waals surface area contributed by atoms with Gasteiger partial charge in [-0.1, -0.05) is 23.2 Å². The van der Waals surface area contributed by atoms with Gasteiger partial charge in [-0.25, -0.2) is 4.79 Å². The molecule has 0 aliphatic rings. The van der Waals surface area contributed by atoms with E-state index in [4.69, 9.17) is 34.0 Å². The minimum atomic E-state index is -1.25. The fourth-order valence-electron chi connectivity index (χ4n) is 0.736. The van der Waals surface area contributed by atoms with E-state index in [9.17, 15) is 9.18 Å². The van der Waals surface area contributed by atoms with Gasteiger partial charge in [-0.15, -0.1) is 0 Å². The number of nitrogen functional groups attached to an aromatic ring is 1. The Labute approximate surface area is 144 Å². The van der Waals surface area contributed by atoms with E-state index in [0.29, 0.717) is 0 Å². The number of anilines is 1. The second-order valence-corrected chi connectivity index (χ2v) is 3.19. The molecule has 0 aliphatic heterocycles. The van der Waals surface area contributed by atoms with Crippen LogP contribution < -0.4 is 61.9 Å². The molecule has 1 rings (SSSR count). The van der Waals surface area contributed by atoms with Crippen molar-refractivity contribution in [3.63, 3.8) is 0 Å². The molecule has 3 N–H and O–H groups in total. The number of rotatable bonds is 3. The van der Waals surface area contributed by atoms with E-state index >= 15 is 0 Å². The van der Waals surface area contributed by atoms with Gasteiger partial charge in [-0.05, 0) is 0 Å². The summed E-state index contributed by atoms with van der Waals surface area (Å²) in [6.07, 6.45) is 0. The third kappa shape index (κ3) is 3.99. The number of pyridine rings is 1. The van der Waals surface area contributed by atoms with Gasteiger partial charge in [0, 0.05) is 0 Å². The molecule has 0 amide bonds. The quantitative estimate of drug-likeness (QED) is 0.534. The molecule has 0 radical (unpaired) electrons. The van der Waals surface area contributed by atoms with Gasteiger partial charge < -0.3 is 17.0 Å². The smallest absolute Gasteiger partial charge is 1.00 e. The molecular formula is C7H6Cl2FKN2O3. The summed E-state index contributed by atoms with van der Waals surface area (Å²) in [6, 6.07) is 0. The van der Waals surface area contributed by atoms with Crippen molar-refractivity contribution >= 4 is 34.9 Å². The molecule has 0 unspecified atom stereocenters. The van der Waals surface area contributed by atoms with Crippen molar-refractivity contribution in [3.05, 3.63) is 16.0 Å². The minimum absolute atomic E-state index is 0. The SMILES string of the molecule is Nc1c(Cl)c(F)nc(OCC(=O)O)c1Cl.[H-].[K+]. The van der Waals surface area contributed by atoms with E-state index in [1.807, 2.05) is 0 Å². The van der Waals surface area contributed by atoms with Crippen LogP contribution in [-0.4, -0.2) is 22.7 Å². The first-order chi connectivity index (χ1) is 6.93. The van der Waals surface area contributed by atoms with E-state index in [2.05, 4.69) is 9.72 Å². The summed E-state index contributed by atoms with van der Waals surface area (Å²) in [5, 5.41) is 7.66. The Morgan fingerprint density at radius 1 is 1.56 bits per heavy atom. The third-order valence-electron chi connectivity index (χ3n) is 1.37. The fraction of sp³-hybridized carbons (Fsp3) is 0.143. The monoisotopic (exact) mass is 294 g/mol. The van der Waals surface area contributed by atoms with Crippen molar-refractivity contribution in [2.45, 2.75) is 0 Å². The molecule has 16 heavy (non-hydrogen) atoms. The molecule has 0 bridgehead atoms. The van der Waals surface area contributed by atoms with E-state index in [-0.39, 0.29) is 63.5 Å². The van der Waals surface area contributed by atoms with Gasteiger partial charge in [0.2, 0.25) is 11.8 Å². The van der Waals surface area contributed by atoms with Gasteiger partial charge in [-0.2, -0.15) is 9.37 Å². The molecule has 1 heterocycles. The summed E-state index contributed by atoms with van der Waals surface area (Å²) in [6.45, 7) is -0.701. The molecule has 1 aromatic rings. The largest absolute Gasteiger partial charge is 1.00 e.